The molecule has 0 aliphatic heterocycles. The Hall–Kier alpha value is -2.92. The van der Waals surface area contributed by atoms with Crippen molar-refractivity contribution in [3.05, 3.63) is 80.5 Å². The van der Waals surface area contributed by atoms with Crippen LogP contribution < -0.4 is 5.32 Å². The standard InChI is InChI=1S/C21H10Cl3F3N2O2/c22-12-1-4-17(23)15(8-12)19-6-3-14(31-19)7-11(10-28)20(30)29-13-2-5-18(24)16(9-13)21(25,26)27/h1-9H,(H,29,30)/b11-7+. The summed E-state index contributed by atoms with van der Waals surface area (Å²) < 4.78 is 44.6. The van der Waals surface area contributed by atoms with Gasteiger partial charge in [0, 0.05) is 22.3 Å². The molecule has 2 aromatic carbocycles. The summed E-state index contributed by atoms with van der Waals surface area (Å²) in [6.07, 6.45) is -3.55. The van der Waals surface area contributed by atoms with Crippen molar-refractivity contribution in [2.24, 2.45) is 0 Å². The van der Waals surface area contributed by atoms with E-state index in [0.717, 1.165) is 12.1 Å². The molecule has 0 saturated carbocycles. The molecule has 0 unspecified atom stereocenters. The van der Waals surface area contributed by atoms with Crippen LogP contribution in [-0.2, 0) is 11.0 Å². The second-order valence-corrected chi connectivity index (χ2v) is 7.39. The van der Waals surface area contributed by atoms with E-state index in [-0.39, 0.29) is 17.0 Å². The number of nitriles is 1. The Morgan fingerprint density at radius 3 is 2.42 bits per heavy atom. The lowest BCUT2D eigenvalue weighted by molar-refractivity contribution is -0.137. The van der Waals surface area contributed by atoms with Gasteiger partial charge in [-0.25, -0.2) is 0 Å². The Morgan fingerprint density at radius 1 is 1.03 bits per heavy atom. The molecule has 1 N–H and O–H groups in total. The molecule has 0 saturated heterocycles. The number of nitrogens with one attached hydrogen (secondary N) is 1. The second kappa shape index (κ2) is 9.06. The van der Waals surface area contributed by atoms with E-state index in [9.17, 15) is 23.2 Å². The molecule has 3 rings (SSSR count). The fraction of sp³-hybridized carbons (Fsp3) is 0.0476. The van der Waals surface area contributed by atoms with E-state index in [1.54, 1.807) is 30.3 Å². The molecule has 0 aliphatic carbocycles. The molecule has 1 aromatic heterocycles. The molecule has 1 heterocycles. The normalized spacial score (nSPS) is 11.8. The zero-order chi connectivity index (χ0) is 22.8. The van der Waals surface area contributed by atoms with Crippen LogP contribution in [0.5, 0.6) is 0 Å². The topological polar surface area (TPSA) is 66.0 Å². The lowest BCUT2D eigenvalue weighted by Crippen LogP contribution is -2.14. The number of halogens is 6. The van der Waals surface area contributed by atoms with Gasteiger partial charge >= 0.3 is 6.18 Å². The highest BCUT2D eigenvalue weighted by atomic mass is 35.5. The van der Waals surface area contributed by atoms with Gasteiger partial charge in [-0.2, -0.15) is 18.4 Å². The van der Waals surface area contributed by atoms with E-state index >= 15 is 0 Å². The largest absolute Gasteiger partial charge is 0.457 e. The first-order valence-corrected chi connectivity index (χ1v) is 9.57. The third kappa shape index (κ3) is 5.42. The third-order valence-corrected chi connectivity index (χ3v) is 4.90. The van der Waals surface area contributed by atoms with Crippen molar-refractivity contribution in [3.8, 4) is 17.4 Å². The Balaban J connectivity index is 1.85. The summed E-state index contributed by atoms with van der Waals surface area (Å²) in [5.74, 6) is -0.412. The van der Waals surface area contributed by atoms with Crippen molar-refractivity contribution in [2.45, 2.75) is 6.18 Å². The van der Waals surface area contributed by atoms with E-state index in [2.05, 4.69) is 5.32 Å². The highest BCUT2D eigenvalue weighted by Gasteiger charge is 2.33. The van der Waals surface area contributed by atoms with E-state index in [1.807, 2.05) is 0 Å². The van der Waals surface area contributed by atoms with Crippen molar-refractivity contribution < 1.29 is 22.4 Å². The number of nitrogens with zero attached hydrogens (tertiary/aromatic N) is 1. The van der Waals surface area contributed by atoms with Crippen molar-refractivity contribution >= 4 is 52.5 Å². The second-order valence-electron chi connectivity index (χ2n) is 6.14. The van der Waals surface area contributed by atoms with Gasteiger partial charge in [0.1, 0.15) is 23.2 Å². The third-order valence-electron chi connectivity index (χ3n) is 4.00. The average molecular weight is 486 g/mol. The number of hydrogen-bond acceptors (Lipinski definition) is 3. The quantitative estimate of drug-likeness (QED) is 0.308. The van der Waals surface area contributed by atoms with Gasteiger partial charge in [-0.1, -0.05) is 34.8 Å². The Kier molecular flexibility index (Phi) is 6.65. The summed E-state index contributed by atoms with van der Waals surface area (Å²) in [5.41, 5.74) is -1.16. The number of carbonyl (C=O) groups excluding carboxylic acids is 1. The van der Waals surface area contributed by atoms with Crippen LogP contribution in [0, 0.1) is 11.3 Å². The summed E-state index contributed by atoms with van der Waals surface area (Å²) in [6, 6.07) is 12.4. The lowest BCUT2D eigenvalue weighted by Gasteiger charge is -2.11. The van der Waals surface area contributed by atoms with Gasteiger partial charge < -0.3 is 9.73 Å². The van der Waals surface area contributed by atoms with Gasteiger partial charge in [-0.05, 0) is 48.5 Å². The molecule has 4 nitrogen and oxygen atoms in total. The van der Waals surface area contributed by atoms with Crippen molar-refractivity contribution in [1.82, 2.24) is 0 Å². The van der Waals surface area contributed by atoms with Crippen LogP contribution in [-0.4, -0.2) is 5.91 Å². The molecule has 3 aromatic rings. The number of alkyl halides is 3. The minimum Gasteiger partial charge on any atom is -0.457 e. The highest BCUT2D eigenvalue weighted by Crippen LogP contribution is 2.36. The van der Waals surface area contributed by atoms with Gasteiger partial charge in [0.15, 0.2) is 0 Å². The smallest absolute Gasteiger partial charge is 0.417 e. The van der Waals surface area contributed by atoms with Gasteiger partial charge in [-0.15, -0.1) is 0 Å². The van der Waals surface area contributed by atoms with Crippen LogP contribution in [0.3, 0.4) is 0 Å². The van der Waals surface area contributed by atoms with Crippen LogP contribution in [0.4, 0.5) is 18.9 Å². The predicted octanol–water partition coefficient (Wildman–Crippen LogP) is 7.47. The van der Waals surface area contributed by atoms with E-state index in [0.29, 0.717) is 27.4 Å². The monoisotopic (exact) mass is 484 g/mol. The molecule has 0 radical (unpaired) electrons. The molecule has 10 heteroatoms. The average Bonchev–Trinajstić information content (AvgIpc) is 3.17. The summed E-state index contributed by atoms with van der Waals surface area (Å²) >= 11 is 17.7. The molecule has 0 aliphatic rings. The number of hydrogen-bond donors (Lipinski definition) is 1. The Bertz CT molecular complexity index is 1230. The summed E-state index contributed by atoms with van der Waals surface area (Å²) in [4.78, 5) is 12.4. The number of anilines is 1. The molecular formula is C21H10Cl3F3N2O2. The number of benzene rings is 2. The summed E-state index contributed by atoms with van der Waals surface area (Å²) in [5, 5.41) is 11.9. The maximum absolute atomic E-state index is 13.0. The van der Waals surface area contributed by atoms with Crippen molar-refractivity contribution in [3.63, 3.8) is 0 Å². The first kappa shape index (κ1) is 22.8. The van der Waals surface area contributed by atoms with Gasteiger partial charge in [0.2, 0.25) is 0 Å². The zero-order valence-corrected chi connectivity index (χ0v) is 17.5. The molecule has 0 bridgehead atoms. The minimum absolute atomic E-state index is 0.157. The van der Waals surface area contributed by atoms with Crippen molar-refractivity contribution in [1.29, 1.82) is 5.26 Å². The van der Waals surface area contributed by atoms with Gasteiger partial charge in [-0.3, -0.25) is 4.79 Å². The van der Waals surface area contributed by atoms with Crippen LogP contribution >= 0.6 is 34.8 Å². The molecule has 0 atom stereocenters. The maximum Gasteiger partial charge on any atom is 0.417 e. The summed E-state index contributed by atoms with van der Waals surface area (Å²) in [6.45, 7) is 0. The first-order valence-electron chi connectivity index (χ1n) is 8.43. The Labute approximate surface area is 189 Å². The fourth-order valence-corrected chi connectivity index (χ4v) is 3.18. The van der Waals surface area contributed by atoms with E-state index < -0.39 is 22.7 Å². The van der Waals surface area contributed by atoms with E-state index in [4.69, 9.17) is 39.2 Å². The van der Waals surface area contributed by atoms with Crippen LogP contribution in [0.15, 0.2) is 58.5 Å². The van der Waals surface area contributed by atoms with Gasteiger partial charge in [0.05, 0.1) is 15.6 Å². The fourth-order valence-electron chi connectivity index (χ4n) is 2.57. The molecule has 0 spiro atoms. The van der Waals surface area contributed by atoms with Crippen LogP contribution in [0.2, 0.25) is 15.1 Å². The predicted molar refractivity (Wildman–Crippen MR) is 113 cm³/mol. The molecule has 0 fully saturated rings. The first-order chi connectivity index (χ1) is 14.6. The van der Waals surface area contributed by atoms with Crippen LogP contribution in [0.1, 0.15) is 11.3 Å². The number of carbonyl (C=O) groups is 1. The molecule has 158 valence electrons. The Morgan fingerprint density at radius 2 is 1.74 bits per heavy atom. The number of rotatable bonds is 4. The van der Waals surface area contributed by atoms with Crippen molar-refractivity contribution in [2.75, 3.05) is 5.32 Å². The highest BCUT2D eigenvalue weighted by molar-refractivity contribution is 6.35. The summed E-state index contributed by atoms with van der Waals surface area (Å²) in [7, 11) is 0. The SMILES string of the molecule is N#C/C(=C\c1ccc(-c2cc(Cl)ccc2Cl)o1)C(=O)Nc1ccc(Cl)c(C(F)(F)F)c1. The maximum atomic E-state index is 13.0. The zero-order valence-electron chi connectivity index (χ0n) is 15.2. The molecule has 1 amide bonds. The van der Waals surface area contributed by atoms with E-state index in [1.165, 1.54) is 12.1 Å². The number of furan rings is 1. The minimum atomic E-state index is -4.70. The number of amides is 1. The lowest BCUT2D eigenvalue weighted by atomic mass is 10.1. The van der Waals surface area contributed by atoms with Crippen LogP contribution in [0.25, 0.3) is 17.4 Å². The molecular weight excluding hydrogens is 476 g/mol. The van der Waals surface area contributed by atoms with Gasteiger partial charge in [0.25, 0.3) is 5.91 Å². The molecule has 31 heavy (non-hydrogen) atoms.